The van der Waals surface area contributed by atoms with Crippen LogP contribution in [0.5, 0.6) is 5.75 Å². The second kappa shape index (κ2) is 8.49. The molecule has 0 saturated carbocycles. The van der Waals surface area contributed by atoms with Gasteiger partial charge in [-0.25, -0.2) is 14.2 Å². The van der Waals surface area contributed by atoms with Crippen molar-refractivity contribution in [2.24, 2.45) is 0 Å². The summed E-state index contributed by atoms with van der Waals surface area (Å²) < 4.78 is 19.3. The largest absolute Gasteiger partial charge is 0.488 e. The fourth-order valence-electron chi connectivity index (χ4n) is 3.79. The second-order valence-electron chi connectivity index (χ2n) is 7.44. The van der Waals surface area contributed by atoms with Gasteiger partial charge in [-0.3, -0.25) is 0 Å². The van der Waals surface area contributed by atoms with Crippen molar-refractivity contribution >= 4 is 17.1 Å². The molecule has 1 aliphatic rings. The Bertz CT molecular complexity index is 1120. The first-order chi connectivity index (χ1) is 14.5. The van der Waals surface area contributed by atoms with Gasteiger partial charge in [0.1, 0.15) is 23.9 Å². The number of aromatic nitrogens is 1. The molecule has 0 radical (unpaired) electrons. The van der Waals surface area contributed by atoms with Crippen molar-refractivity contribution in [3.05, 3.63) is 94.6 Å². The Hall–Kier alpha value is -3.47. The Kier molecular flexibility index (Phi) is 5.61. The van der Waals surface area contributed by atoms with Crippen LogP contribution in [0, 0.1) is 12.7 Å². The van der Waals surface area contributed by atoms with Crippen molar-refractivity contribution in [3.8, 4) is 5.75 Å². The Morgan fingerprint density at radius 2 is 1.83 bits per heavy atom. The molecule has 30 heavy (non-hydrogen) atoms. The molecule has 0 saturated heterocycles. The Labute approximate surface area is 174 Å². The predicted molar refractivity (Wildman–Crippen MR) is 114 cm³/mol. The van der Waals surface area contributed by atoms with Crippen LogP contribution in [0.4, 0.5) is 4.39 Å². The van der Waals surface area contributed by atoms with Crippen LogP contribution in [0.3, 0.4) is 0 Å². The third-order valence-electron chi connectivity index (χ3n) is 5.26. The van der Waals surface area contributed by atoms with Crippen molar-refractivity contribution in [2.75, 3.05) is 0 Å². The zero-order valence-corrected chi connectivity index (χ0v) is 16.7. The van der Waals surface area contributed by atoms with Gasteiger partial charge < -0.3 is 9.84 Å². The van der Waals surface area contributed by atoms with Crippen LogP contribution < -0.4 is 4.74 Å². The van der Waals surface area contributed by atoms with Gasteiger partial charge in [0.05, 0.1) is 5.69 Å². The van der Waals surface area contributed by atoms with E-state index in [-0.39, 0.29) is 11.5 Å². The second-order valence-corrected chi connectivity index (χ2v) is 7.44. The molecule has 152 valence electrons. The van der Waals surface area contributed by atoms with Gasteiger partial charge >= 0.3 is 5.97 Å². The lowest BCUT2D eigenvalue weighted by atomic mass is 9.97. The molecule has 3 aromatic rings. The Morgan fingerprint density at radius 1 is 1.07 bits per heavy atom. The molecule has 4 nitrogen and oxygen atoms in total. The summed E-state index contributed by atoms with van der Waals surface area (Å²) in [5.41, 5.74) is 5.96. The van der Waals surface area contributed by atoms with Crippen molar-refractivity contribution in [3.63, 3.8) is 0 Å². The molecular weight excluding hydrogens is 381 g/mol. The van der Waals surface area contributed by atoms with Crippen molar-refractivity contribution in [1.29, 1.82) is 0 Å². The number of pyridine rings is 1. The van der Waals surface area contributed by atoms with Crippen molar-refractivity contribution in [1.82, 2.24) is 4.98 Å². The number of rotatable bonds is 6. The number of aryl methyl sites for hydroxylation is 1. The molecule has 1 aliphatic carbocycles. The molecule has 1 aromatic heterocycles. The highest BCUT2D eigenvalue weighted by Crippen LogP contribution is 2.42. The number of allylic oxidation sites excluding steroid dienone is 2. The average molecular weight is 403 g/mol. The smallest absolute Gasteiger partial charge is 0.354 e. The van der Waals surface area contributed by atoms with Crippen LogP contribution in [-0.4, -0.2) is 16.1 Å². The van der Waals surface area contributed by atoms with E-state index in [1.165, 1.54) is 18.2 Å². The number of aromatic carboxylic acids is 1. The maximum Gasteiger partial charge on any atom is 0.354 e. The summed E-state index contributed by atoms with van der Waals surface area (Å²) in [7, 11) is 0. The minimum atomic E-state index is -1.03. The summed E-state index contributed by atoms with van der Waals surface area (Å²) >= 11 is 0. The number of carboxylic acids is 1. The quantitative estimate of drug-likeness (QED) is 0.557. The van der Waals surface area contributed by atoms with Crippen LogP contribution >= 0.6 is 0 Å². The molecule has 0 atom stereocenters. The Morgan fingerprint density at radius 3 is 2.60 bits per heavy atom. The van der Waals surface area contributed by atoms with Gasteiger partial charge in [0.15, 0.2) is 0 Å². The molecule has 0 spiro atoms. The zero-order valence-electron chi connectivity index (χ0n) is 16.7. The van der Waals surface area contributed by atoms with E-state index in [4.69, 9.17) is 4.74 Å². The van der Waals surface area contributed by atoms with E-state index in [9.17, 15) is 14.3 Å². The first kappa shape index (κ1) is 19.8. The first-order valence-corrected chi connectivity index (χ1v) is 9.92. The number of halogens is 1. The fourth-order valence-corrected chi connectivity index (χ4v) is 3.79. The van der Waals surface area contributed by atoms with Crippen LogP contribution in [-0.2, 0) is 6.61 Å². The number of benzene rings is 2. The van der Waals surface area contributed by atoms with Crippen LogP contribution in [0.2, 0.25) is 0 Å². The number of hydrogen-bond donors (Lipinski definition) is 1. The number of nitrogens with zero attached hydrogens (tertiary/aromatic N) is 1. The minimum absolute atomic E-state index is 0.0447. The lowest BCUT2D eigenvalue weighted by molar-refractivity contribution is 0.0690. The summed E-state index contributed by atoms with van der Waals surface area (Å²) in [5.74, 6) is -0.545. The SMILES string of the molecule is Cc1ccc(OCc2ccc(F)cc2)c(C2=C(c3cccc(C(=O)O)n3)CCC2)c1. The van der Waals surface area contributed by atoms with Crippen LogP contribution in [0.1, 0.15) is 52.1 Å². The van der Waals surface area contributed by atoms with Crippen molar-refractivity contribution < 1.29 is 19.0 Å². The highest BCUT2D eigenvalue weighted by molar-refractivity contribution is 5.94. The number of carboxylic acid groups (broad SMARTS) is 1. The summed E-state index contributed by atoms with van der Waals surface area (Å²) in [6.45, 7) is 2.37. The lowest BCUT2D eigenvalue weighted by Gasteiger charge is -2.15. The molecule has 4 rings (SSSR count). The van der Waals surface area contributed by atoms with E-state index in [0.717, 1.165) is 52.8 Å². The molecule has 0 aliphatic heterocycles. The van der Waals surface area contributed by atoms with Gasteiger partial charge in [-0.1, -0.05) is 29.8 Å². The van der Waals surface area contributed by atoms with E-state index in [1.807, 2.05) is 25.1 Å². The molecule has 1 heterocycles. The monoisotopic (exact) mass is 403 g/mol. The molecule has 0 bridgehead atoms. The number of hydrogen-bond acceptors (Lipinski definition) is 3. The summed E-state index contributed by atoms with van der Waals surface area (Å²) in [6.07, 6.45) is 2.70. The van der Waals surface area contributed by atoms with E-state index >= 15 is 0 Å². The topological polar surface area (TPSA) is 59.4 Å². The highest BCUT2D eigenvalue weighted by Gasteiger charge is 2.22. The third kappa shape index (κ3) is 4.25. The maximum absolute atomic E-state index is 13.2. The van der Waals surface area contributed by atoms with Gasteiger partial charge in [-0.2, -0.15) is 0 Å². The maximum atomic E-state index is 13.2. The van der Waals surface area contributed by atoms with Crippen LogP contribution in [0.25, 0.3) is 11.1 Å². The lowest BCUT2D eigenvalue weighted by Crippen LogP contribution is -2.03. The van der Waals surface area contributed by atoms with Gasteiger partial charge in [0.2, 0.25) is 0 Å². The van der Waals surface area contributed by atoms with Crippen LogP contribution in [0.15, 0.2) is 60.7 Å². The molecule has 0 unspecified atom stereocenters. The Balaban J connectivity index is 1.70. The van der Waals surface area contributed by atoms with Gasteiger partial charge in [0.25, 0.3) is 0 Å². The van der Waals surface area contributed by atoms with E-state index in [1.54, 1.807) is 18.2 Å². The van der Waals surface area contributed by atoms with E-state index in [2.05, 4.69) is 11.1 Å². The van der Waals surface area contributed by atoms with Gasteiger partial charge in [0, 0.05) is 5.56 Å². The molecule has 2 aromatic carbocycles. The molecule has 0 fully saturated rings. The van der Waals surface area contributed by atoms with Crippen molar-refractivity contribution in [2.45, 2.75) is 32.8 Å². The van der Waals surface area contributed by atoms with E-state index < -0.39 is 5.97 Å². The van der Waals surface area contributed by atoms with Gasteiger partial charge in [-0.05, 0) is 79.3 Å². The summed E-state index contributed by atoms with van der Waals surface area (Å²) in [6, 6.07) is 17.4. The highest BCUT2D eigenvalue weighted by atomic mass is 19.1. The third-order valence-corrected chi connectivity index (χ3v) is 5.26. The molecule has 1 N–H and O–H groups in total. The fraction of sp³-hybridized carbons (Fsp3) is 0.200. The first-order valence-electron chi connectivity index (χ1n) is 9.92. The summed E-state index contributed by atoms with van der Waals surface area (Å²) in [4.78, 5) is 15.7. The number of ether oxygens (including phenoxy) is 1. The average Bonchev–Trinajstić information content (AvgIpc) is 3.24. The standard InChI is InChI=1S/C25H22FNO3/c1-16-8-13-24(30-15-17-9-11-18(26)12-10-17)21(14-16)19-4-2-5-20(19)22-6-3-7-23(27-22)25(28)29/h3,6-14H,2,4-5,15H2,1H3,(H,28,29). The van der Waals surface area contributed by atoms with E-state index in [0.29, 0.717) is 12.3 Å². The molecule has 0 amide bonds. The minimum Gasteiger partial charge on any atom is -0.488 e. The predicted octanol–water partition coefficient (Wildman–Crippen LogP) is 5.90. The number of carbonyl (C=O) groups is 1. The summed E-state index contributed by atoms with van der Waals surface area (Å²) in [5, 5.41) is 9.29. The zero-order chi connectivity index (χ0) is 21.1. The van der Waals surface area contributed by atoms with Gasteiger partial charge in [-0.15, -0.1) is 0 Å². The molecule has 5 heteroatoms. The molecular formula is C25H22FNO3. The normalized spacial score (nSPS) is 13.5.